The summed E-state index contributed by atoms with van der Waals surface area (Å²) in [6.45, 7) is 0.895. The highest BCUT2D eigenvalue weighted by atomic mass is 35.5. The first kappa shape index (κ1) is 14.2. The SMILES string of the molecule is CNC(c1sccc1Cl)C1CCOC2(CCSC2)C1. The van der Waals surface area contributed by atoms with E-state index in [4.69, 9.17) is 16.3 Å². The van der Waals surface area contributed by atoms with Gasteiger partial charge in [0.2, 0.25) is 0 Å². The molecule has 1 aromatic rings. The first-order chi connectivity index (χ1) is 9.24. The van der Waals surface area contributed by atoms with Crippen molar-refractivity contribution in [3.05, 3.63) is 21.3 Å². The molecule has 3 unspecified atom stereocenters. The van der Waals surface area contributed by atoms with Gasteiger partial charge in [0.25, 0.3) is 0 Å². The van der Waals surface area contributed by atoms with Crippen LogP contribution in [-0.2, 0) is 4.74 Å². The smallest absolute Gasteiger partial charge is 0.0783 e. The lowest BCUT2D eigenvalue weighted by atomic mass is 9.81. The molecule has 3 rings (SSSR count). The van der Waals surface area contributed by atoms with Crippen LogP contribution in [0, 0.1) is 5.92 Å². The molecule has 106 valence electrons. The van der Waals surface area contributed by atoms with Crippen molar-refractivity contribution in [2.45, 2.75) is 30.9 Å². The molecule has 3 atom stereocenters. The average molecular weight is 318 g/mol. The van der Waals surface area contributed by atoms with Crippen LogP contribution in [0.4, 0.5) is 0 Å². The summed E-state index contributed by atoms with van der Waals surface area (Å²) in [5, 5.41) is 6.48. The molecule has 2 fully saturated rings. The van der Waals surface area contributed by atoms with E-state index in [0.29, 0.717) is 12.0 Å². The summed E-state index contributed by atoms with van der Waals surface area (Å²) in [7, 11) is 2.05. The minimum Gasteiger partial charge on any atom is -0.374 e. The Labute approximate surface area is 128 Å². The largest absolute Gasteiger partial charge is 0.374 e. The summed E-state index contributed by atoms with van der Waals surface area (Å²) in [6, 6.07) is 2.38. The lowest BCUT2D eigenvalue weighted by Gasteiger charge is -2.40. The van der Waals surface area contributed by atoms with Gasteiger partial charge in [0.05, 0.1) is 10.6 Å². The molecular formula is C14H20ClNOS2. The van der Waals surface area contributed by atoms with Crippen LogP contribution in [0.25, 0.3) is 0 Å². The van der Waals surface area contributed by atoms with E-state index in [2.05, 4.69) is 10.7 Å². The van der Waals surface area contributed by atoms with E-state index < -0.39 is 0 Å². The van der Waals surface area contributed by atoms with Gasteiger partial charge < -0.3 is 10.1 Å². The predicted molar refractivity (Wildman–Crippen MR) is 84.5 cm³/mol. The maximum Gasteiger partial charge on any atom is 0.0783 e. The van der Waals surface area contributed by atoms with Crippen LogP contribution in [0.2, 0.25) is 5.02 Å². The summed E-state index contributed by atoms with van der Waals surface area (Å²) >= 11 is 10.1. The minimum atomic E-state index is 0.145. The van der Waals surface area contributed by atoms with E-state index in [0.717, 1.165) is 23.8 Å². The topological polar surface area (TPSA) is 21.3 Å². The van der Waals surface area contributed by atoms with Crippen molar-refractivity contribution in [3.8, 4) is 0 Å². The van der Waals surface area contributed by atoms with Crippen molar-refractivity contribution in [2.24, 2.45) is 5.92 Å². The van der Waals surface area contributed by atoms with Gasteiger partial charge in [-0.3, -0.25) is 0 Å². The number of hydrogen-bond donors (Lipinski definition) is 1. The van der Waals surface area contributed by atoms with Gasteiger partial charge >= 0.3 is 0 Å². The molecule has 19 heavy (non-hydrogen) atoms. The molecule has 0 saturated carbocycles. The summed E-state index contributed by atoms with van der Waals surface area (Å²) in [5.74, 6) is 3.04. The lowest BCUT2D eigenvalue weighted by Crippen LogP contribution is -2.43. The van der Waals surface area contributed by atoms with Crippen LogP contribution >= 0.6 is 34.7 Å². The number of thioether (sulfide) groups is 1. The van der Waals surface area contributed by atoms with Gasteiger partial charge in [-0.1, -0.05) is 11.6 Å². The lowest BCUT2D eigenvalue weighted by molar-refractivity contribution is -0.0848. The fourth-order valence-corrected chi connectivity index (χ4v) is 6.08. The molecule has 0 aromatic carbocycles. The fraction of sp³-hybridized carbons (Fsp3) is 0.714. The van der Waals surface area contributed by atoms with E-state index in [1.165, 1.54) is 23.5 Å². The molecule has 1 aromatic heterocycles. The number of rotatable bonds is 3. The second kappa shape index (κ2) is 5.94. The molecule has 0 bridgehead atoms. The number of nitrogens with one attached hydrogen (secondary N) is 1. The summed E-state index contributed by atoms with van der Waals surface area (Å²) in [5.41, 5.74) is 0.145. The highest BCUT2D eigenvalue weighted by Crippen LogP contribution is 2.45. The van der Waals surface area contributed by atoms with E-state index >= 15 is 0 Å². The minimum absolute atomic E-state index is 0.145. The van der Waals surface area contributed by atoms with Gasteiger partial charge in [-0.25, -0.2) is 0 Å². The Morgan fingerprint density at radius 3 is 3.11 bits per heavy atom. The molecule has 0 aliphatic carbocycles. The van der Waals surface area contributed by atoms with E-state index in [1.807, 2.05) is 24.9 Å². The fourth-order valence-electron chi connectivity index (χ4n) is 3.32. The van der Waals surface area contributed by atoms with Gasteiger partial charge in [0, 0.05) is 23.3 Å². The molecule has 3 heterocycles. The predicted octanol–water partition coefficient (Wildman–Crippen LogP) is 3.96. The van der Waals surface area contributed by atoms with Crippen molar-refractivity contribution in [1.29, 1.82) is 0 Å². The molecule has 1 spiro atoms. The second-order valence-electron chi connectivity index (χ2n) is 5.49. The molecule has 2 saturated heterocycles. The molecule has 2 aliphatic heterocycles. The number of hydrogen-bond acceptors (Lipinski definition) is 4. The highest BCUT2D eigenvalue weighted by molar-refractivity contribution is 7.99. The zero-order chi connectivity index (χ0) is 13.3. The van der Waals surface area contributed by atoms with Crippen LogP contribution in [-0.4, -0.2) is 30.8 Å². The van der Waals surface area contributed by atoms with Crippen molar-refractivity contribution < 1.29 is 4.74 Å². The van der Waals surface area contributed by atoms with Crippen molar-refractivity contribution in [2.75, 3.05) is 25.2 Å². The normalized spacial score (nSPS) is 32.8. The van der Waals surface area contributed by atoms with E-state index in [9.17, 15) is 0 Å². The maximum absolute atomic E-state index is 6.32. The molecule has 0 amide bonds. The Kier molecular flexibility index (Phi) is 4.44. The van der Waals surface area contributed by atoms with Crippen molar-refractivity contribution >= 4 is 34.7 Å². The third-order valence-electron chi connectivity index (χ3n) is 4.31. The summed E-state index contributed by atoms with van der Waals surface area (Å²) in [6.07, 6.45) is 3.51. The first-order valence-electron chi connectivity index (χ1n) is 6.86. The van der Waals surface area contributed by atoms with Gasteiger partial charge in [-0.2, -0.15) is 11.8 Å². The third-order valence-corrected chi connectivity index (χ3v) is 6.97. The molecule has 5 heteroatoms. The zero-order valence-electron chi connectivity index (χ0n) is 11.2. The number of thiophene rings is 1. The number of halogens is 1. The van der Waals surface area contributed by atoms with E-state index in [-0.39, 0.29) is 5.60 Å². The van der Waals surface area contributed by atoms with Crippen LogP contribution in [0.5, 0.6) is 0 Å². The Hall–Kier alpha value is 0.260. The first-order valence-corrected chi connectivity index (χ1v) is 9.27. The van der Waals surface area contributed by atoms with Crippen LogP contribution < -0.4 is 5.32 Å². The quantitative estimate of drug-likeness (QED) is 0.911. The Balaban J connectivity index is 1.78. The summed E-state index contributed by atoms with van der Waals surface area (Å²) < 4.78 is 6.12. The third kappa shape index (κ3) is 2.84. The average Bonchev–Trinajstić information content (AvgIpc) is 3.02. The van der Waals surface area contributed by atoms with E-state index in [1.54, 1.807) is 11.3 Å². The Morgan fingerprint density at radius 1 is 1.58 bits per heavy atom. The van der Waals surface area contributed by atoms with Gasteiger partial charge in [0.15, 0.2) is 0 Å². The maximum atomic E-state index is 6.32. The molecular weight excluding hydrogens is 298 g/mol. The van der Waals surface area contributed by atoms with Gasteiger partial charge in [0.1, 0.15) is 0 Å². The van der Waals surface area contributed by atoms with Gasteiger partial charge in [-0.05, 0) is 49.4 Å². The molecule has 2 nitrogen and oxygen atoms in total. The van der Waals surface area contributed by atoms with Crippen molar-refractivity contribution in [3.63, 3.8) is 0 Å². The second-order valence-corrected chi connectivity index (χ2v) is 7.95. The summed E-state index contributed by atoms with van der Waals surface area (Å²) in [4.78, 5) is 1.29. The highest BCUT2D eigenvalue weighted by Gasteiger charge is 2.42. The molecule has 1 N–H and O–H groups in total. The Morgan fingerprint density at radius 2 is 2.47 bits per heavy atom. The van der Waals surface area contributed by atoms with Crippen molar-refractivity contribution in [1.82, 2.24) is 5.32 Å². The Bertz CT molecular complexity index is 431. The van der Waals surface area contributed by atoms with Crippen LogP contribution in [0.3, 0.4) is 0 Å². The zero-order valence-corrected chi connectivity index (χ0v) is 13.5. The monoisotopic (exact) mass is 317 g/mol. The van der Waals surface area contributed by atoms with Crippen LogP contribution in [0.1, 0.15) is 30.2 Å². The van der Waals surface area contributed by atoms with Crippen LogP contribution in [0.15, 0.2) is 11.4 Å². The van der Waals surface area contributed by atoms with Gasteiger partial charge in [-0.15, -0.1) is 11.3 Å². The standard InChI is InChI=1S/C14H20ClNOS2/c1-16-12(13-11(15)3-6-19-13)10-2-5-17-14(8-10)4-7-18-9-14/h3,6,10,12,16H,2,4-5,7-9H2,1H3. The molecule has 0 radical (unpaired) electrons. The molecule has 2 aliphatic rings. The number of ether oxygens (including phenoxy) is 1.